The highest BCUT2D eigenvalue weighted by Crippen LogP contribution is 2.28. The van der Waals surface area contributed by atoms with Gasteiger partial charge in [-0.05, 0) is 61.0 Å². The van der Waals surface area contributed by atoms with Gasteiger partial charge >= 0.3 is 0 Å². The fourth-order valence-corrected chi connectivity index (χ4v) is 2.86. The summed E-state index contributed by atoms with van der Waals surface area (Å²) in [5.41, 5.74) is 6.43. The fraction of sp³-hybridized carbons (Fsp3) is 0.250. The number of rotatable bonds is 5. The number of benzene rings is 2. The summed E-state index contributed by atoms with van der Waals surface area (Å²) in [5.74, 6) is -0.199. The number of amides is 2. The van der Waals surface area contributed by atoms with E-state index in [1.807, 2.05) is 12.1 Å². The Morgan fingerprint density at radius 3 is 2.24 bits per heavy atom. The number of ether oxygens (including phenoxy) is 1. The maximum absolute atomic E-state index is 12.2. The second-order valence-corrected chi connectivity index (χ2v) is 7.76. The van der Waals surface area contributed by atoms with Crippen LogP contribution in [0.2, 0.25) is 10.0 Å². The van der Waals surface area contributed by atoms with Crippen LogP contribution in [0, 0.1) is 0 Å². The van der Waals surface area contributed by atoms with Gasteiger partial charge in [-0.1, -0.05) is 49.2 Å². The summed E-state index contributed by atoms with van der Waals surface area (Å²) in [6.45, 7) is 5.69. The average molecular weight is 454 g/mol. The van der Waals surface area contributed by atoms with Crippen molar-refractivity contribution < 1.29 is 14.3 Å². The summed E-state index contributed by atoms with van der Waals surface area (Å²) in [6, 6.07) is 11.9. The molecule has 0 aliphatic heterocycles. The molecule has 0 fully saturated rings. The van der Waals surface area contributed by atoms with Gasteiger partial charge in [0.15, 0.2) is 11.2 Å². The Morgan fingerprint density at radius 1 is 1.00 bits per heavy atom. The number of nitrogens with one attached hydrogen (secondary N) is 3. The lowest BCUT2D eigenvalue weighted by atomic mass is 10.0. The highest BCUT2D eigenvalue weighted by molar-refractivity contribution is 7.80. The molecule has 0 aliphatic carbocycles. The molecule has 1 unspecified atom stereocenters. The van der Waals surface area contributed by atoms with Crippen molar-refractivity contribution in [2.24, 2.45) is 0 Å². The third kappa shape index (κ3) is 6.88. The van der Waals surface area contributed by atoms with Crippen LogP contribution in [0.1, 0.15) is 42.6 Å². The molecule has 0 bridgehead atoms. The summed E-state index contributed by atoms with van der Waals surface area (Å²) < 4.78 is 5.50. The van der Waals surface area contributed by atoms with Crippen molar-refractivity contribution in [2.45, 2.75) is 32.8 Å². The van der Waals surface area contributed by atoms with E-state index in [0.717, 1.165) is 5.56 Å². The van der Waals surface area contributed by atoms with Gasteiger partial charge in [0.05, 0.1) is 5.02 Å². The van der Waals surface area contributed by atoms with Gasteiger partial charge < -0.3 is 4.74 Å². The number of hydrogen-bond acceptors (Lipinski definition) is 4. The van der Waals surface area contributed by atoms with Crippen LogP contribution < -0.4 is 20.9 Å². The first-order valence-corrected chi connectivity index (χ1v) is 9.96. The molecule has 0 spiro atoms. The van der Waals surface area contributed by atoms with Crippen molar-refractivity contribution >= 4 is 52.3 Å². The Morgan fingerprint density at radius 2 is 1.66 bits per heavy atom. The summed E-state index contributed by atoms with van der Waals surface area (Å²) in [4.78, 5) is 24.4. The molecule has 0 aliphatic rings. The SMILES string of the molecule is CC(Oc1ccc(Cl)cc1Cl)C(=O)NNC(=S)NC(=O)c1ccc(C(C)C)cc1. The second kappa shape index (κ2) is 10.4. The Balaban J connectivity index is 1.82. The Hall–Kier alpha value is -2.35. The minimum Gasteiger partial charge on any atom is -0.479 e. The van der Waals surface area contributed by atoms with E-state index in [1.165, 1.54) is 6.07 Å². The van der Waals surface area contributed by atoms with Crippen LogP contribution in [0.5, 0.6) is 5.75 Å². The quantitative estimate of drug-likeness (QED) is 0.466. The first-order chi connectivity index (χ1) is 13.7. The van der Waals surface area contributed by atoms with Crippen molar-refractivity contribution in [2.75, 3.05) is 0 Å². The van der Waals surface area contributed by atoms with E-state index >= 15 is 0 Å². The van der Waals surface area contributed by atoms with Gasteiger partial charge in [0, 0.05) is 10.6 Å². The number of thiocarbonyl (C=S) groups is 1. The predicted molar refractivity (Wildman–Crippen MR) is 118 cm³/mol. The standard InChI is InChI=1S/C20H21Cl2N3O3S/c1-11(2)13-4-6-14(7-5-13)19(27)23-20(29)25-24-18(26)12(3)28-17-9-8-15(21)10-16(17)22/h4-12H,1-3H3,(H,24,26)(H2,23,25,27,29). The zero-order valence-corrected chi connectivity index (χ0v) is 18.4. The van der Waals surface area contributed by atoms with E-state index in [2.05, 4.69) is 30.0 Å². The first-order valence-electron chi connectivity index (χ1n) is 8.80. The minimum absolute atomic E-state index is 0.0481. The Bertz CT molecular complexity index is 904. The second-order valence-electron chi connectivity index (χ2n) is 6.51. The van der Waals surface area contributed by atoms with Crippen LogP contribution in [0.25, 0.3) is 0 Å². The summed E-state index contributed by atoms with van der Waals surface area (Å²) in [5, 5.41) is 3.19. The molecule has 3 N–H and O–H groups in total. The zero-order valence-electron chi connectivity index (χ0n) is 16.1. The molecule has 0 aromatic heterocycles. The Kier molecular flexibility index (Phi) is 8.25. The average Bonchev–Trinajstić information content (AvgIpc) is 2.68. The van der Waals surface area contributed by atoms with Crippen molar-refractivity contribution in [1.82, 2.24) is 16.2 Å². The highest BCUT2D eigenvalue weighted by atomic mass is 35.5. The van der Waals surface area contributed by atoms with E-state index in [4.69, 9.17) is 40.2 Å². The lowest BCUT2D eigenvalue weighted by Gasteiger charge is -2.17. The molecule has 9 heteroatoms. The van der Waals surface area contributed by atoms with Gasteiger partial charge in [0.25, 0.3) is 11.8 Å². The molecule has 0 radical (unpaired) electrons. The van der Waals surface area contributed by atoms with Crippen LogP contribution in [0.3, 0.4) is 0 Å². The van der Waals surface area contributed by atoms with Gasteiger partial charge in [0.2, 0.25) is 0 Å². The molecule has 154 valence electrons. The maximum atomic E-state index is 12.2. The maximum Gasteiger partial charge on any atom is 0.279 e. The van der Waals surface area contributed by atoms with Crippen LogP contribution in [-0.2, 0) is 4.79 Å². The smallest absolute Gasteiger partial charge is 0.279 e. The number of carbonyl (C=O) groups is 2. The highest BCUT2D eigenvalue weighted by Gasteiger charge is 2.17. The van der Waals surface area contributed by atoms with Gasteiger partial charge in [0.1, 0.15) is 5.75 Å². The molecule has 0 saturated heterocycles. The van der Waals surface area contributed by atoms with E-state index in [1.54, 1.807) is 31.2 Å². The molecule has 6 nitrogen and oxygen atoms in total. The predicted octanol–water partition coefficient (Wildman–Crippen LogP) is 4.22. The zero-order chi connectivity index (χ0) is 21.6. The molecular weight excluding hydrogens is 433 g/mol. The third-order valence-electron chi connectivity index (χ3n) is 3.93. The van der Waals surface area contributed by atoms with Crippen molar-refractivity contribution in [3.63, 3.8) is 0 Å². The molecule has 0 heterocycles. The van der Waals surface area contributed by atoms with Crippen molar-refractivity contribution in [3.05, 3.63) is 63.6 Å². The first kappa shape index (κ1) is 22.9. The number of halogens is 2. The minimum atomic E-state index is -0.872. The van der Waals surface area contributed by atoms with Crippen molar-refractivity contribution in [1.29, 1.82) is 0 Å². The molecule has 29 heavy (non-hydrogen) atoms. The summed E-state index contributed by atoms with van der Waals surface area (Å²) >= 11 is 16.9. The number of hydrazine groups is 1. The van der Waals surface area contributed by atoms with Crippen LogP contribution >= 0.6 is 35.4 Å². The van der Waals surface area contributed by atoms with E-state index in [0.29, 0.717) is 22.3 Å². The Labute approximate surface area is 184 Å². The van der Waals surface area contributed by atoms with Crippen molar-refractivity contribution in [3.8, 4) is 5.75 Å². The lowest BCUT2D eigenvalue weighted by molar-refractivity contribution is -0.127. The van der Waals surface area contributed by atoms with Crippen LogP contribution in [0.4, 0.5) is 0 Å². The largest absolute Gasteiger partial charge is 0.479 e. The topological polar surface area (TPSA) is 79.5 Å². The summed E-state index contributed by atoms with van der Waals surface area (Å²) in [7, 11) is 0. The third-order valence-corrected chi connectivity index (χ3v) is 4.67. The molecule has 2 aromatic rings. The van der Waals surface area contributed by atoms with E-state index in [9.17, 15) is 9.59 Å². The number of carbonyl (C=O) groups excluding carboxylic acids is 2. The van der Waals surface area contributed by atoms with Crippen LogP contribution in [-0.4, -0.2) is 23.0 Å². The monoisotopic (exact) mass is 453 g/mol. The number of hydrogen-bond donors (Lipinski definition) is 3. The molecule has 0 saturated carbocycles. The van der Waals surface area contributed by atoms with E-state index < -0.39 is 12.0 Å². The van der Waals surface area contributed by atoms with Gasteiger partial charge in [-0.25, -0.2) is 0 Å². The molecule has 2 rings (SSSR count). The van der Waals surface area contributed by atoms with E-state index in [-0.39, 0.29) is 16.0 Å². The lowest BCUT2D eigenvalue weighted by Crippen LogP contribution is -2.51. The fourth-order valence-electron chi connectivity index (χ4n) is 2.26. The van der Waals surface area contributed by atoms with Gasteiger partial charge in [-0.2, -0.15) is 0 Å². The molecule has 2 amide bonds. The normalized spacial score (nSPS) is 11.5. The van der Waals surface area contributed by atoms with Gasteiger partial charge in [-0.15, -0.1) is 0 Å². The summed E-state index contributed by atoms with van der Waals surface area (Å²) in [6.07, 6.45) is -0.872. The molecular formula is C20H21Cl2N3O3S. The van der Waals surface area contributed by atoms with Gasteiger partial charge in [-0.3, -0.25) is 25.8 Å². The van der Waals surface area contributed by atoms with Crippen LogP contribution in [0.15, 0.2) is 42.5 Å². The molecule has 1 atom stereocenters. The molecule has 2 aromatic carbocycles.